The first-order chi connectivity index (χ1) is 12.7. The van der Waals surface area contributed by atoms with E-state index in [9.17, 15) is 13.2 Å². The maximum atomic E-state index is 12.1. The van der Waals surface area contributed by atoms with Gasteiger partial charge in [-0.25, -0.2) is 17.5 Å². The van der Waals surface area contributed by atoms with E-state index in [1.165, 1.54) is 26.2 Å². The van der Waals surface area contributed by atoms with Crippen LogP contribution in [-0.4, -0.2) is 46.4 Å². The van der Waals surface area contributed by atoms with Crippen LogP contribution in [0.2, 0.25) is 0 Å². The third kappa shape index (κ3) is 5.45. The molecular formula is C19H26N4O3S. The topological polar surface area (TPSA) is 81.8 Å². The van der Waals surface area contributed by atoms with Crippen molar-refractivity contribution in [3.8, 4) is 0 Å². The van der Waals surface area contributed by atoms with E-state index < -0.39 is 10.0 Å². The molecule has 7 nitrogen and oxygen atoms in total. The number of urea groups is 1. The summed E-state index contributed by atoms with van der Waals surface area (Å²) in [5, 5.41) is 5.57. The van der Waals surface area contributed by atoms with Gasteiger partial charge in [-0.1, -0.05) is 18.2 Å². The molecule has 2 amide bonds. The fourth-order valence-corrected chi connectivity index (χ4v) is 3.25. The van der Waals surface area contributed by atoms with Crippen molar-refractivity contribution >= 4 is 27.4 Å². The van der Waals surface area contributed by atoms with Crippen molar-refractivity contribution in [2.24, 2.45) is 0 Å². The van der Waals surface area contributed by atoms with Crippen LogP contribution in [0.5, 0.6) is 0 Å². The van der Waals surface area contributed by atoms with Crippen LogP contribution >= 0.6 is 0 Å². The number of benzene rings is 2. The summed E-state index contributed by atoms with van der Waals surface area (Å²) in [6, 6.07) is 13.7. The third-order valence-electron chi connectivity index (χ3n) is 4.17. The Morgan fingerprint density at radius 3 is 2.30 bits per heavy atom. The summed E-state index contributed by atoms with van der Waals surface area (Å²) >= 11 is 0. The molecule has 2 aromatic rings. The molecule has 0 spiro atoms. The summed E-state index contributed by atoms with van der Waals surface area (Å²) < 4.78 is 25.3. The van der Waals surface area contributed by atoms with Crippen LogP contribution in [0.25, 0.3) is 0 Å². The monoisotopic (exact) mass is 390 g/mol. The minimum atomic E-state index is -3.45. The first-order valence-electron chi connectivity index (χ1n) is 8.61. The average Bonchev–Trinajstić information content (AvgIpc) is 2.66. The molecule has 0 fully saturated rings. The molecule has 8 heteroatoms. The molecule has 0 aliphatic heterocycles. The lowest BCUT2D eigenvalue weighted by Gasteiger charge is -2.17. The van der Waals surface area contributed by atoms with Crippen LogP contribution in [0.3, 0.4) is 0 Å². The standard InChI is InChI=1S/C19H26N4O3S/c1-5-23(4)17-8-6-7-16(13-17)21-19(24)20-14-15-9-11-18(12-10-15)27(25,26)22(2)3/h6-13H,5,14H2,1-4H3,(H2,20,21,24). The number of carbonyl (C=O) groups excluding carboxylic acids is 1. The zero-order valence-corrected chi connectivity index (χ0v) is 16.9. The van der Waals surface area contributed by atoms with Crippen molar-refractivity contribution in [1.82, 2.24) is 9.62 Å². The lowest BCUT2D eigenvalue weighted by molar-refractivity contribution is 0.251. The molecule has 0 unspecified atom stereocenters. The second-order valence-corrected chi connectivity index (χ2v) is 8.46. The van der Waals surface area contributed by atoms with E-state index >= 15 is 0 Å². The van der Waals surface area contributed by atoms with Gasteiger partial charge in [-0.2, -0.15) is 0 Å². The normalized spacial score (nSPS) is 11.3. The van der Waals surface area contributed by atoms with E-state index in [2.05, 4.69) is 22.5 Å². The molecule has 0 aliphatic carbocycles. The van der Waals surface area contributed by atoms with Crippen molar-refractivity contribution in [3.63, 3.8) is 0 Å². The van der Waals surface area contributed by atoms with Crippen LogP contribution in [0.4, 0.5) is 16.2 Å². The van der Waals surface area contributed by atoms with Gasteiger partial charge >= 0.3 is 6.03 Å². The highest BCUT2D eigenvalue weighted by atomic mass is 32.2. The second-order valence-electron chi connectivity index (χ2n) is 6.30. The second kappa shape index (κ2) is 8.88. The minimum Gasteiger partial charge on any atom is -0.375 e. The number of amides is 2. The predicted octanol–water partition coefficient (Wildman–Crippen LogP) is 2.71. The van der Waals surface area contributed by atoms with Crippen molar-refractivity contribution < 1.29 is 13.2 Å². The quantitative estimate of drug-likeness (QED) is 0.762. The van der Waals surface area contributed by atoms with Gasteiger partial charge in [0.1, 0.15) is 0 Å². The van der Waals surface area contributed by atoms with Crippen LogP contribution in [0.15, 0.2) is 53.4 Å². The number of hydrogen-bond donors (Lipinski definition) is 2. The van der Waals surface area contributed by atoms with Gasteiger partial charge in [0.05, 0.1) is 4.90 Å². The van der Waals surface area contributed by atoms with Gasteiger partial charge < -0.3 is 15.5 Å². The summed E-state index contributed by atoms with van der Waals surface area (Å²) in [6.07, 6.45) is 0. The van der Waals surface area contributed by atoms with E-state index in [4.69, 9.17) is 0 Å². The van der Waals surface area contributed by atoms with E-state index in [0.717, 1.165) is 22.1 Å². The maximum absolute atomic E-state index is 12.1. The Kier molecular flexibility index (Phi) is 6.81. The Morgan fingerprint density at radius 1 is 1.04 bits per heavy atom. The summed E-state index contributed by atoms with van der Waals surface area (Å²) in [6.45, 7) is 3.22. The van der Waals surface area contributed by atoms with Gasteiger partial charge in [-0.15, -0.1) is 0 Å². The number of sulfonamides is 1. The molecule has 0 atom stereocenters. The number of nitrogens with zero attached hydrogens (tertiary/aromatic N) is 2. The smallest absolute Gasteiger partial charge is 0.319 e. The summed E-state index contributed by atoms with van der Waals surface area (Å²) in [4.78, 5) is 14.4. The van der Waals surface area contributed by atoms with Crippen molar-refractivity contribution in [3.05, 3.63) is 54.1 Å². The highest BCUT2D eigenvalue weighted by Crippen LogP contribution is 2.18. The highest BCUT2D eigenvalue weighted by Gasteiger charge is 2.16. The molecule has 146 valence electrons. The Bertz CT molecular complexity index is 880. The fourth-order valence-electron chi connectivity index (χ4n) is 2.35. The van der Waals surface area contributed by atoms with Gasteiger partial charge in [0.25, 0.3) is 0 Å². The summed E-state index contributed by atoms with van der Waals surface area (Å²) in [7, 11) is 1.51. The predicted molar refractivity (Wildman–Crippen MR) is 109 cm³/mol. The van der Waals surface area contributed by atoms with Crippen molar-refractivity contribution in [2.75, 3.05) is 37.9 Å². The fraction of sp³-hybridized carbons (Fsp3) is 0.316. The molecule has 0 aromatic heterocycles. The number of nitrogens with one attached hydrogen (secondary N) is 2. The first kappa shape index (κ1) is 20.7. The molecule has 0 heterocycles. The van der Waals surface area contributed by atoms with Crippen LogP contribution in [-0.2, 0) is 16.6 Å². The molecule has 0 radical (unpaired) electrons. The molecule has 0 bridgehead atoms. The van der Waals surface area contributed by atoms with E-state index in [1.807, 2.05) is 31.3 Å². The number of anilines is 2. The van der Waals surface area contributed by atoms with Gasteiger partial charge in [-0.05, 0) is 42.8 Å². The zero-order chi connectivity index (χ0) is 20.0. The van der Waals surface area contributed by atoms with Crippen LogP contribution in [0.1, 0.15) is 12.5 Å². The minimum absolute atomic E-state index is 0.220. The van der Waals surface area contributed by atoms with E-state index in [0.29, 0.717) is 12.2 Å². The highest BCUT2D eigenvalue weighted by molar-refractivity contribution is 7.89. The molecular weight excluding hydrogens is 364 g/mol. The molecule has 2 rings (SSSR count). The first-order valence-corrected chi connectivity index (χ1v) is 10.1. The largest absolute Gasteiger partial charge is 0.375 e. The molecule has 0 saturated carbocycles. The molecule has 0 saturated heterocycles. The van der Waals surface area contributed by atoms with E-state index in [-0.39, 0.29) is 10.9 Å². The Balaban J connectivity index is 1.94. The Morgan fingerprint density at radius 2 is 1.70 bits per heavy atom. The summed E-state index contributed by atoms with van der Waals surface area (Å²) in [5.41, 5.74) is 2.54. The van der Waals surface area contributed by atoms with Crippen LogP contribution in [0, 0.1) is 0 Å². The Labute approximate surface area is 161 Å². The number of carbonyl (C=O) groups is 1. The number of rotatable bonds is 7. The average molecular weight is 391 g/mol. The van der Waals surface area contributed by atoms with E-state index in [1.54, 1.807) is 12.1 Å². The third-order valence-corrected chi connectivity index (χ3v) is 6.00. The van der Waals surface area contributed by atoms with Gasteiger partial charge in [0.2, 0.25) is 10.0 Å². The lowest BCUT2D eigenvalue weighted by atomic mass is 10.2. The van der Waals surface area contributed by atoms with Crippen LogP contribution < -0.4 is 15.5 Å². The Hall–Kier alpha value is -2.58. The van der Waals surface area contributed by atoms with Gasteiger partial charge in [0, 0.05) is 45.6 Å². The summed E-state index contributed by atoms with van der Waals surface area (Å²) in [5.74, 6) is 0. The van der Waals surface area contributed by atoms with Crippen molar-refractivity contribution in [1.29, 1.82) is 0 Å². The SMILES string of the molecule is CCN(C)c1cccc(NC(=O)NCc2ccc(S(=O)(=O)N(C)C)cc2)c1. The zero-order valence-electron chi connectivity index (χ0n) is 16.1. The molecule has 2 aromatic carbocycles. The maximum Gasteiger partial charge on any atom is 0.319 e. The van der Waals surface area contributed by atoms with Gasteiger partial charge in [-0.3, -0.25) is 0 Å². The molecule has 0 aliphatic rings. The molecule has 27 heavy (non-hydrogen) atoms. The van der Waals surface area contributed by atoms with Crippen molar-refractivity contribution in [2.45, 2.75) is 18.4 Å². The van der Waals surface area contributed by atoms with Gasteiger partial charge in [0.15, 0.2) is 0 Å². The number of hydrogen-bond acceptors (Lipinski definition) is 4. The molecule has 2 N–H and O–H groups in total. The lowest BCUT2D eigenvalue weighted by Crippen LogP contribution is -2.28.